The van der Waals surface area contributed by atoms with Gasteiger partial charge in [0.15, 0.2) is 8.03 Å². The smallest absolute Gasteiger partial charge is 0.192 e. The quantitative estimate of drug-likeness (QED) is 0.754. The second kappa shape index (κ2) is 9.29. The van der Waals surface area contributed by atoms with Crippen LogP contribution in [0.4, 0.5) is 0 Å². The highest BCUT2D eigenvalue weighted by Gasteiger charge is 2.12. The predicted octanol–water partition coefficient (Wildman–Crippen LogP) is 2.01. The molecule has 0 saturated carbocycles. The molecule has 0 aliphatic heterocycles. The van der Waals surface area contributed by atoms with Crippen LogP contribution in [0.5, 0.6) is 0 Å². The van der Waals surface area contributed by atoms with E-state index in [4.69, 9.17) is 4.89 Å². The summed E-state index contributed by atoms with van der Waals surface area (Å²) in [6.07, 6.45) is 0.163. The van der Waals surface area contributed by atoms with Crippen molar-refractivity contribution in [3.63, 3.8) is 0 Å². The molecule has 0 fully saturated rings. The number of carbonyl (C=O) groups is 1. The number of halogens is 1. The summed E-state index contributed by atoms with van der Waals surface area (Å²) in [6, 6.07) is 9.78. The van der Waals surface area contributed by atoms with Crippen molar-refractivity contribution in [3.05, 3.63) is 35.9 Å². The van der Waals surface area contributed by atoms with Gasteiger partial charge in [0.2, 0.25) is 0 Å². The van der Waals surface area contributed by atoms with E-state index in [1.54, 1.807) is 6.92 Å². The summed E-state index contributed by atoms with van der Waals surface area (Å²) in [7, 11) is -2.58. The highest BCUT2D eigenvalue weighted by Crippen LogP contribution is 2.24. The summed E-state index contributed by atoms with van der Waals surface area (Å²) < 4.78 is 10.7. The third-order valence-electron chi connectivity index (χ3n) is 2.45. The molecule has 4 nitrogen and oxygen atoms in total. The van der Waals surface area contributed by atoms with Crippen molar-refractivity contribution in [1.82, 2.24) is 5.32 Å². The molecular formula is C12H19ClNO3P. The van der Waals surface area contributed by atoms with E-state index < -0.39 is 13.7 Å². The number of benzene rings is 1. The highest BCUT2D eigenvalue weighted by molar-refractivity contribution is 7.38. The fraction of sp³-hybridized carbons (Fsp3) is 0.417. The van der Waals surface area contributed by atoms with Gasteiger partial charge < -0.3 is 10.2 Å². The molecule has 0 amide bonds. The van der Waals surface area contributed by atoms with Crippen LogP contribution in [-0.2, 0) is 15.9 Å². The predicted molar refractivity (Wildman–Crippen MR) is 75.7 cm³/mol. The Morgan fingerprint density at radius 1 is 1.39 bits per heavy atom. The Kier molecular flexibility index (Phi) is 8.94. The van der Waals surface area contributed by atoms with E-state index in [9.17, 15) is 9.36 Å². The first-order valence-corrected chi connectivity index (χ1v) is 7.02. The van der Waals surface area contributed by atoms with Gasteiger partial charge in [-0.25, -0.2) is 0 Å². The lowest BCUT2D eigenvalue weighted by Crippen LogP contribution is -2.24. The van der Waals surface area contributed by atoms with E-state index in [1.165, 1.54) is 0 Å². The van der Waals surface area contributed by atoms with Gasteiger partial charge in [-0.1, -0.05) is 37.3 Å². The number of Topliss-reactive ketones (excluding diaryl/α,β-unsaturated/α-hetero) is 1. The van der Waals surface area contributed by atoms with Gasteiger partial charge in [0.1, 0.15) is 5.78 Å². The van der Waals surface area contributed by atoms with Gasteiger partial charge in [-0.15, -0.1) is 12.4 Å². The number of carbonyl (C=O) groups excluding carboxylic acids is 1. The molecule has 0 saturated heterocycles. The Hall–Kier alpha value is -0.670. The first kappa shape index (κ1) is 17.3. The zero-order valence-corrected chi connectivity index (χ0v) is 12.1. The van der Waals surface area contributed by atoms with Crippen LogP contribution in [0.3, 0.4) is 0 Å². The van der Waals surface area contributed by atoms with E-state index in [0.29, 0.717) is 6.54 Å². The van der Waals surface area contributed by atoms with Crippen molar-refractivity contribution in [2.24, 2.45) is 0 Å². The monoisotopic (exact) mass is 291 g/mol. The lowest BCUT2D eigenvalue weighted by Gasteiger charge is -2.07. The normalized spacial score (nSPS) is 13.4. The molecule has 18 heavy (non-hydrogen) atoms. The van der Waals surface area contributed by atoms with Crippen molar-refractivity contribution in [2.45, 2.75) is 25.5 Å². The number of rotatable bonds is 7. The lowest BCUT2D eigenvalue weighted by molar-refractivity contribution is -0.118. The van der Waals surface area contributed by atoms with Crippen LogP contribution < -0.4 is 5.32 Å². The van der Waals surface area contributed by atoms with Gasteiger partial charge in [0.05, 0.1) is 6.54 Å². The molecule has 0 aromatic heterocycles. The van der Waals surface area contributed by atoms with Gasteiger partial charge in [-0.05, 0) is 5.56 Å². The fourth-order valence-corrected chi connectivity index (χ4v) is 1.85. The molecule has 2 N–H and O–H groups in total. The first-order valence-electron chi connectivity index (χ1n) is 5.58. The first-order chi connectivity index (χ1) is 8.09. The minimum absolute atomic E-state index is 0. The van der Waals surface area contributed by atoms with Crippen LogP contribution in [-0.4, -0.2) is 22.9 Å². The molecule has 0 spiro atoms. The maximum atomic E-state index is 11.5. The molecule has 1 aromatic carbocycles. The summed E-state index contributed by atoms with van der Waals surface area (Å²) >= 11 is 0. The van der Waals surface area contributed by atoms with Crippen molar-refractivity contribution >= 4 is 26.2 Å². The number of nitrogens with one attached hydrogen (secondary N) is 1. The van der Waals surface area contributed by atoms with Crippen molar-refractivity contribution < 1.29 is 14.3 Å². The summed E-state index contributed by atoms with van der Waals surface area (Å²) in [4.78, 5) is 20.3. The summed E-state index contributed by atoms with van der Waals surface area (Å²) in [5, 5.41) is 3.02. The molecule has 0 aliphatic carbocycles. The minimum Gasteiger partial charge on any atom is -0.346 e. The summed E-state index contributed by atoms with van der Waals surface area (Å²) in [5.41, 5.74) is 0.690. The standard InChI is InChI=1S/C12H18NO3P.ClH/c1-10(17(15)16)7-12(14)9-13-8-11-5-3-2-4-6-11;/h2-6,10,13,17H,7-9H2,1H3,(H,15,16);1H. The van der Waals surface area contributed by atoms with Crippen LogP contribution in [0.25, 0.3) is 0 Å². The highest BCUT2D eigenvalue weighted by atomic mass is 35.5. The Morgan fingerprint density at radius 3 is 2.56 bits per heavy atom. The molecule has 1 aromatic rings. The summed E-state index contributed by atoms with van der Waals surface area (Å²) in [6.45, 7) is 2.50. The van der Waals surface area contributed by atoms with Gasteiger partial charge in [-0.3, -0.25) is 9.36 Å². The van der Waals surface area contributed by atoms with E-state index in [2.05, 4.69) is 5.32 Å². The van der Waals surface area contributed by atoms with E-state index in [0.717, 1.165) is 5.56 Å². The number of ketones is 1. The van der Waals surface area contributed by atoms with E-state index in [-0.39, 0.29) is 31.2 Å². The molecule has 1 rings (SSSR count). The third-order valence-corrected chi connectivity index (χ3v) is 3.50. The molecule has 102 valence electrons. The van der Waals surface area contributed by atoms with E-state index in [1.807, 2.05) is 30.3 Å². The molecule has 0 heterocycles. The molecule has 0 bridgehead atoms. The Balaban J connectivity index is 0.00000289. The zero-order chi connectivity index (χ0) is 12.7. The van der Waals surface area contributed by atoms with Gasteiger partial charge in [0.25, 0.3) is 0 Å². The van der Waals surface area contributed by atoms with Crippen LogP contribution >= 0.6 is 20.4 Å². The van der Waals surface area contributed by atoms with Gasteiger partial charge >= 0.3 is 0 Å². The Labute approximate surface area is 114 Å². The van der Waals surface area contributed by atoms with Crippen molar-refractivity contribution in [1.29, 1.82) is 0 Å². The Morgan fingerprint density at radius 2 is 2.00 bits per heavy atom. The summed E-state index contributed by atoms with van der Waals surface area (Å²) in [5.74, 6) is -0.0270. The second-order valence-corrected chi connectivity index (χ2v) is 5.73. The molecule has 2 unspecified atom stereocenters. The zero-order valence-electron chi connectivity index (χ0n) is 10.3. The average Bonchev–Trinajstić information content (AvgIpc) is 2.30. The SMILES string of the molecule is CC(CC(=O)CNCc1ccccc1)[PH](=O)O.Cl. The average molecular weight is 292 g/mol. The van der Waals surface area contributed by atoms with Gasteiger partial charge in [-0.2, -0.15) is 0 Å². The van der Waals surface area contributed by atoms with Crippen molar-refractivity contribution in [3.8, 4) is 0 Å². The molecule has 6 heteroatoms. The molecule has 2 atom stereocenters. The second-order valence-electron chi connectivity index (χ2n) is 4.07. The van der Waals surface area contributed by atoms with Crippen LogP contribution in [0.2, 0.25) is 0 Å². The van der Waals surface area contributed by atoms with Crippen LogP contribution in [0, 0.1) is 0 Å². The van der Waals surface area contributed by atoms with Gasteiger partial charge in [0, 0.05) is 18.6 Å². The van der Waals surface area contributed by atoms with E-state index >= 15 is 0 Å². The molecular weight excluding hydrogens is 273 g/mol. The van der Waals surface area contributed by atoms with Crippen molar-refractivity contribution in [2.75, 3.05) is 6.54 Å². The number of hydrogen-bond donors (Lipinski definition) is 2. The topological polar surface area (TPSA) is 66.4 Å². The number of hydrogen-bond acceptors (Lipinski definition) is 3. The third kappa shape index (κ3) is 6.92. The lowest BCUT2D eigenvalue weighted by atomic mass is 10.2. The Bertz CT molecular complexity index is 386. The minimum atomic E-state index is -2.58. The maximum absolute atomic E-state index is 11.5. The fourth-order valence-electron chi connectivity index (χ4n) is 1.44. The van der Waals surface area contributed by atoms with Crippen LogP contribution in [0.1, 0.15) is 18.9 Å². The largest absolute Gasteiger partial charge is 0.346 e. The molecule has 0 radical (unpaired) electrons. The van der Waals surface area contributed by atoms with Crippen LogP contribution in [0.15, 0.2) is 30.3 Å². The maximum Gasteiger partial charge on any atom is 0.192 e. The molecule has 0 aliphatic rings.